The minimum Gasteiger partial charge on any atom is -0.378 e. The van der Waals surface area contributed by atoms with Crippen molar-refractivity contribution in [1.29, 1.82) is 0 Å². The van der Waals surface area contributed by atoms with Gasteiger partial charge in [-0.25, -0.2) is 0 Å². The standard InChI is InChI=1S/C15H13Cl3IN/c1-8-3-4-10(7-13(8)19)20-9(2)11-5-6-12(16)15(18)14(11)17/h3-7,9,20H,1-2H3. The third-order valence-electron chi connectivity index (χ3n) is 3.09. The quantitative estimate of drug-likeness (QED) is 0.412. The second kappa shape index (κ2) is 6.73. The average Bonchev–Trinajstić information content (AvgIpc) is 2.40. The second-order valence-electron chi connectivity index (χ2n) is 4.59. The highest BCUT2D eigenvalue weighted by atomic mass is 127. The van der Waals surface area contributed by atoms with Gasteiger partial charge in [0, 0.05) is 9.26 Å². The zero-order chi connectivity index (χ0) is 14.9. The van der Waals surface area contributed by atoms with E-state index < -0.39 is 0 Å². The Hall–Kier alpha value is -0.160. The molecule has 0 aliphatic carbocycles. The van der Waals surface area contributed by atoms with Crippen molar-refractivity contribution in [2.24, 2.45) is 0 Å². The van der Waals surface area contributed by atoms with Crippen LogP contribution >= 0.6 is 57.4 Å². The lowest BCUT2D eigenvalue weighted by Gasteiger charge is -2.18. The van der Waals surface area contributed by atoms with Gasteiger partial charge in [0.15, 0.2) is 0 Å². The van der Waals surface area contributed by atoms with Crippen LogP contribution < -0.4 is 5.32 Å². The number of rotatable bonds is 3. The molecule has 0 saturated heterocycles. The summed E-state index contributed by atoms with van der Waals surface area (Å²) in [5, 5.41) is 4.79. The Morgan fingerprint density at radius 2 is 1.75 bits per heavy atom. The third kappa shape index (κ3) is 3.53. The van der Waals surface area contributed by atoms with Crippen LogP contribution in [0.1, 0.15) is 24.1 Å². The lowest BCUT2D eigenvalue weighted by molar-refractivity contribution is 0.885. The fraction of sp³-hybridized carbons (Fsp3) is 0.200. The molecule has 1 N–H and O–H groups in total. The molecule has 0 aromatic heterocycles. The molecule has 0 amide bonds. The maximum absolute atomic E-state index is 6.26. The summed E-state index contributed by atoms with van der Waals surface area (Å²) >= 11 is 20.6. The predicted octanol–water partition coefficient (Wildman–Crippen LogP) is 6.73. The minimum atomic E-state index is 0.0378. The first kappa shape index (κ1) is 16.2. The summed E-state index contributed by atoms with van der Waals surface area (Å²) in [6.45, 7) is 4.13. The van der Waals surface area contributed by atoms with Gasteiger partial charge in [0.05, 0.1) is 21.1 Å². The predicted molar refractivity (Wildman–Crippen MR) is 97.4 cm³/mol. The fourth-order valence-electron chi connectivity index (χ4n) is 1.89. The minimum absolute atomic E-state index is 0.0378. The van der Waals surface area contributed by atoms with Gasteiger partial charge >= 0.3 is 0 Å². The van der Waals surface area contributed by atoms with Gasteiger partial charge in [-0.1, -0.05) is 46.9 Å². The Bertz CT molecular complexity index is 643. The SMILES string of the molecule is Cc1ccc(NC(C)c2ccc(Cl)c(Cl)c2Cl)cc1I. The molecule has 0 saturated carbocycles. The number of hydrogen-bond acceptors (Lipinski definition) is 1. The first-order chi connectivity index (χ1) is 9.40. The summed E-state index contributed by atoms with van der Waals surface area (Å²) in [7, 11) is 0. The second-order valence-corrected chi connectivity index (χ2v) is 6.92. The van der Waals surface area contributed by atoms with E-state index >= 15 is 0 Å². The third-order valence-corrected chi connectivity index (χ3v) is 5.56. The van der Waals surface area contributed by atoms with Crippen LogP contribution in [-0.4, -0.2) is 0 Å². The molecule has 0 fully saturated rings. The molecule has 5 heteroatoms. The molecule has 0 aliphatic heterocycles. The molecule has 0 heterocycles. The summed E-state index contributed by atoms with van der Waals surface area (Å²) in [4.78, 5) is 0. The average molecular weight is 441 g/mol. The Kier molecular flexibility index (Phi) is 5.46. The molecule has 0 bridgehead atoms. The molecule has 1 atom stereocenters. The monoisotopic (exact) mass is 439 g/mol. The van der Waals surface area contributed by atoms with E-state index in [9.17, 15) is 0 Å². The van der Waals surface area contributed by atoms with Gasteiger partial charge in [0.1, 0.15) is 0 Å². The number of anilines is 1. The molecule has 0 aliphatic rings. The lowest BCUT2D eigenvalue weighted by Crippen LogP contribution is -2.07. The number of benzene rings is 2. The van der Waals surface area contributed by atoms with Crippen molar-refractivity contribution < 1.29 is 0 Å². The summed E-state index contributed by atoms with van der Waals surface area (Å²) < 4.78 is 1.22. The molecule has 20 heavy (non-hydrogen) atoms. The normalized spacial score (nSPS) is 12.3. The van der Waals surface area contributed by atoms with E-state index in [1.165, 1.54) is 9.13 Å². The van der Waals surface area contributed by atoms with Gasteiger partial charge in [0.2, 0.25) is 0 Å². The molecular formula is C15H13Cl3IN. The van der Waals surface area contributed by atoms with Crippen molar-refractivity contribution >= 4 is 63.1 Å². The van der Waals surface area contributed by atoms with Gasteiger partial charge < -0.3 is 5.32 Å². The molecule has 0 radical (unpaired) electrons. The number of aryl methyl sites for hydroxylation is 1. The molecule has 2 rings (SSSR count). The van der Waals surface area contributed by atoms with Gasteiger partial charge in [-0.3, -0.25) is 0 Å². The first-order valence-electron chi connectivity index (χ1n) is 6.06. The van der Waals surface area contributed by atoms with E-state index in [0.29, 0.717) is 15.1 Å². The molecule has 1 nitrogen and oxygen atoms in total. The maximum Gasteiger partial charge on any atom is 0.0782 e. The van der Waals surface area contributed by atoms with Crippen molar-refractivity contribution in [3.8, 4) is 0 Å². The molecule has 1 unspecified atom stereocenters. The van der Waals surface area contributed by atoms with E-state index in [1.807, 2.05) is 13.0 Å². The largest absolute Gasteiger partial charge is 0.378 e. The summed E-state index contributed by atoms with van der Waals surface area (Å²) in [6, 6.07) is 9.95. The van der Waals surface area contributed by atoms with Crippen molar-refractivity contribution in [2.75, 3.05) is 5.32 Å². The van der Waals surface area contributed by atoms with Gasteiger partial charge in [0.25, 0.3) is 0 Å². The Morgan fingerprint density at radius 3 is 2.40 bits per heavy atom. The van der Waals surface area contributed by atoms with Crippen LogP contribution in [0.2, 0.25) is 15.1 Å². The molecule has 2 aromatic carbocycles. The van der Waals surface area contributed by atoms with E-state index in [4.69, 9.17) is 34.8 Å². The zero-order valence-corrected chi connectivity index (χ0v) is 15.4. The van der Waals surface area contributed by atoms with Crippen LogP contribution in [0.5, 0.6) is 0 Å². The van der Waals surface area contributed by atoms with Crippen molar-refractivity contribution in [2.45, 2.75) is 19.9 Å². The van der Waals surface area contributed by atoms with E-state index in [1.54, 1.807) is 6.07 Å². The highest BCUT2D eigenvalue weighted by molar-refractivity contribution is 14.1. The molecule has 106 valence electrons. The number of halogens is 4. The van der Waals surface area contributed by atoms with E-state index in [2.05, 4.69) is 53.0 Å². The van der Waals surface area contributed by atoms with E-state index in [-0.39, 0.29) is 6.04 Å². The smallest absolute Gasteiger partial charge is 0.0782 e. The van der Waals surface area contributed by atoms with Crippen LogP contribution in [-0.2, 0) is 0 Å². The maximum atomic E-state index is 6.26. The van der Waals surface area contributed by atoms with Gasteiger partial charge in [-0.15, -0.1) is 0 Å². The van der Waals surface area contributed by atoms with Crippen molar-refractivity contribution in [3.05, 3.63) is 60.1 Å². The van der Waals surface area contributed by atoms with Gasteiger partial charge in [-0.2, -0.15) is 0 Å². The summed E-state index contributed by atoms with van der Waals surface area (Å²) in [5.74, 6) is 0. The Labute approximate surface area is 147 Å². The first-order valence-corrected chi connectivity index (χ1v) is 8.27. The van der Waals surface area contributed by atoms with Crippen LogP contribution in [0.15, 0.2) is 30.3 Å². The number of nitrogens with one attached hydrogen (secondary N) is 1. The summed E-state index contributed by atoms with van der Waals surface area (Å²) in [6.07, 6.45) is 0. The van der Waals surface area contributed by atoms with Crippen LogP contribution in [0.25, 0.3) is 0 Å². The van der Waals surface area contributed by atoms with Crippen LogP contribution in [0, 0.1) is 10.5 Å². The molecular weight excluding hydrogens is 427 g/mol. The highest BCUT2D eigenvalue weighted by Crippen LogP contribution is 2.36. The lowest BCUT2D eigenvalue weighted by atomic mass is 10.1. The zero-order valence-electron chi connectivity index (χ0n) is 11.0. The van der Waals surface area contributed by atoms with Crippen molar-refractivity contribution in [3.63, 3.8) is 0 Å². The van der Waals surface area contributed by atoms with Gasteiger partial charge in [-0.05, 0) is 65.8 Å². The fourth-order valence-corrected chi connectivity index (χ4v) is 3.11. The van der Waals surface area contributed by atoms with E-state index in [0.717, 1.165) is 11.3 Å². The molecule has 0 spiro atoms. The topological polar surface area (TPSA) is 12.0 Å². The molecule has 2 aromatic rings. The van der Waals surface area contributed by atoms with Crippen LogP contribution in [0.4, 0.5) is 5.69 Å². The Morgan fingerprint density at radius 1 is 1.05 bits per heavy atom. The Balaban J connectivity index is 2.26. The summed E-state index contributed by atoms with van der Waals surface area (Å²) in [5.41, 5.74) is 3.24. The van der Waals surface area contributed by atoms with Crippen molar-refractivity contribution in [1.82, 2.24) is 0 Å². The van der Waals surface area contributed by atoms with Crippen LogP contribution in [0.3, 0.4) is 0 Å². The highest BCUT2D eigenvalue weighted by Gasteiger charge is 2.14. The number of hydrogen-bond donors (Lipinski definition) is 1.